The van der Waals surface area contributed by atoms with Gasteiger partial charge in [0.25, 0.3) is 5.91 Å². The standard InChI is InChI=1S/C13H14ClN3O/c1-17-8-10(14)6-12(17)13(18)16-7-9-2-4-11(15)5-3-9/h2-6,8H,7,15H2,1H3,(H,16,18). The summed E-state index contributed by atoms with van der Waals surface area (Å²) in [6.07, 6.45) is 1.69. The Morgan fingerprint density at radius 2 is 2.06 bits per heavy atom. The Morgan fingerprint density at radius 1 is 1.39 bits per heavy atom. The predicted octanol–water partition coefficient (Wildman–Crippen LogP) is 2.19. The van der Waals surface area contributed by atoms with Gasteiger partial charge in [0.15, 0.2) is 0 Å². The second-order valence-electron chi connectivity index (χ2n) is 4.08. The van der Waals surface area contributed by atoms with Gasteiger partial charge in [-0.05, 0) is 23.8 Å². The fourth-order valence-corrected chi connectivity index (χ4v) is 1.91. The second kappa shape index (κ2) is 5.14. The molecule has 0 aliphatic heterocycles. The van der Waals surface area contributed by atoms with E-state index in [0.717, 1.165) is 5.56 Å². The molecule has 0 aliphatic rings. The van der Waals surface area contributed by atoms with E-state index in [4.69, 9.17) is 17.3 Å². The summed E-state index contributed by atoms with van der Waals surface area (Å²) in [6, 6.07) is 9.02. The molecule has 2 aromatic rings. The molecule has 0 spiro atoms. The second-order valence-corrected chi connectivity index (χ2v) is 4.52. The van der Waals surface area contributed by atoms with Gasteiger partial charge in [-0.3, -0.25) is 4.79 Å². The molecule has 1 heterocycles. The molecule has 0 unspecified atom stereocenters. The molecular formula is C13H14ClN3O. The average Bonchev–Trinajstić information content (AvgIpc) is 2.67. The highest BCUT2D eigenvalue weighted by atomic mass is 35.5. The fraction of sp³-hybridized carbons (Fsp3) is 0.154. The molecule has 2 rings (SSSR count). The highest BCUT2D eigenvalue weighted by Gasteiger charge is 2.10. The van der Waals surface area contributed by atoms with Crippen molar-refractivity contribution in [2.45, 2.75) is 6.54 Å². The van der Waals surface area contributed by atoms with Crippen LogP contribution < -0.4 is 11.1 Å². The molecule has 0 radical (unpaired) electrons. The van der Waals surface area contributed by atoms with Crippen molar-refractivity contribution in [2.75, 3.05) is 5.73 Å². The van der Waals surface area contributed by atoms with Gasteiger partial charge in [-0.1, -0.05) is 23.7 Å². The van der Waals surface area contributed by atoms with E-state index in [0.29, 0.717) is 22.9 Å². The van der Waals surface area contributed by atoms with Gasteiger partial charge in [-0.15, -0.1) is 0 Å². The van der Waals surface area contributed by atoms with Crippen LogP contribution in [0.15, 0.2) is 36.5 Å². The SMILES string of the molecule is Cn1cc(Cl)cc1C(=O)NCc1ccc(N)cc1. The zero-order chi connectivity index (χ0) is 13.1. The molecule has 1 aromatic carbocycles. The van der Waals surface area contributed by atoms with Crippen molar-refractivity contribution in [3.63, 3.8) is 0 Å². The van der Waals surface area contributed by atoms with Gasteiger partial charge in [0.2, 0.25) is 0 Å². The van der Waals surface area contributed by atoms with E-state index in [1.807, 2.05) is 12.1 Å². The number of benzene rings is 1. The summed E-state index contributed by atoms with van der Waals surface area (Å²) in [7, 11) is 1.78. The number of halogens is 1. The molecule has 0 atom stereocenters. The Labute approximate surface area is 110 Å². The first-order chi connectivity index (χ1) is 8.56. The van der Waals surface area contributed by atoms with Crippen molar-refractivity contribution >= 4 is 23.2 Å². The van der Waals surface area contributed by atoms with Gasteiger partial charge >= 0.3 is 0 Å². The maximum Gasteiger partial charge on any atom is 0.268 e. The third kappa shape index (κ3) is 2.84. The van der Waals surface area contributed by atoms with E-state index in [1.54, 1.807) is 36.0 Å². The lowest BCUT2D eigenvalue weighted by atomic mass is 10.2. The Balaban J connectivity index is 2.00. The normalized spacial score (nSPS) is 10.3. The van der Waals surface area contributed by atoms with Crippen LogP contribution in [0.1, 0.15) is 16.1 Å². The first-order valence-electron chi connectivity index (χ1n) is 5.51. The van der Waals surface area contributed by atoms with Crippen molar-refractivity contribution in [1.29, 1.82) is 0 Å². The van der Waals surface area contributed by atoms with Crippen molar-refractivity contribution < 1.29 is 4.79 Å². The van der Waals surface area contributed by atoms with Crippen LogP contribution in [-0.4, -0.2) is 10.5 Å². The van der Waals surface area contributed by atoms with Crippen LogP contribution >= 0.6 is 11.6 Å². The number of nitrogens with two attached hydrogens (primary N) is 1. The van der Waals surface area contributed by atoms with E-state index in [2.05, 4.69) is 5.32 Å². The zero-order valence-electron chi connectivity index (χ0n) is 9.98. The molecule has 18 heavy (non-hydrogen) atoms. The number of anilines is 1. The number of aryl methyl sites for hydroxylation is 1. The summed E-state index contributed by atoms with van der Waals surface area (Å²) in [5, 5.41) is 3.38. The first-order valence-corrected chi connectivity index (χ1v) is 5.88. The van der Waals surface area contributed by atoms with Crippen LogP contribution in [0, 0.1) is 0 Å². The van der Waals surface area contributed by atoms with E-state index in [9.17, 15) is 4.79 Å². The predicted molar refractivity (Wildman–Crippen MR) is 72.4 cm³/mol. The molecule has 0 saturated heterocycles. The summed E-state index contributed by atoms with van der Waals surface area (Å²) < 4.78 is 1.70. The number of rotatable bonds is 3. The van der Waals surface area contributed by atoms with E-state index < -0.39 is 0 Å². The lowest BCUT2D eigenvalue weighted by molar-refractivity contribution is 0.0943. The number of hydrogen-bond acceptors (Lipinski definition) is 2. The number of carbonyl (C=O) groups excluding carboxylic acids is 1. The van der Waals surface area contributed by atoms with Gasteiger partial charge in [-0.25, -0.2) is 0 Å². The minimum absolute atomic E-state index is 0.152. The first kappa shape index (κ1) is 12.5. The third-order valence-electron chi connectivity index (χ3n) is 2.64. The van der Waals surface area contributed by atoms with E-state index in [-0.39, 0.29) is 5.91 Å². The number of carbonyl (C=O) groups is 1. The number of hydrogen-bond donors (Lipinski definition) is 2. The molecule has 4 nitrogen and oxygen atoms in total. The topological polar surface area (TPSA) is 60.0 Å². The van der Waals surface area contributed by atoms with E-state index in [1.165, 1.54) is 0 Å². The summed E-state index contributed by atoms with van der Waals surface area (Å²) >= 11 is 5.83. The smallest absolute Gasteiger partial charge is 0.268 e. The molecule has 0 fully saturated rings. The number of nitrogen functional groups attached to an aromatic ring is 1. The molecule has 0 aliphatic carbocycles. The number of nitrogens with one attached hydrogen (secondary N) is 1. The van der Waals surface area contributed by atoms with Gasteiger partial charge in [0.05, 0.1) is 5.02 Å². The summed E-state index contributed by atoms with van der Waals surface area (Å²) in [5.74, 6) is -0.152. The van der Waals surface area contributed by atoms with Crippen LogP contribution in [0.2, 0.25) is 5.02 Å². The number of nitrogens with zero attached hydrogens (tertiary/aromatic N) is 1. The molecule has 0 saturated carbocycles. The van der Waals surface area contributed by atoms with Crippen LogP contribution in [0.3, 0.4) is 0 Å². The van der Waals surface area contributed by atoms with Crippen LogP contribution in [-0.2, 0) is 13.6 Å². The Kier molecular flexibility index (Phi) is 3.58. The largest absolute Gasteiger partial charge is 0.399 e. The summed E-state index contributed by atoms with van der Waals surface area (Å²) in [5.41, 5.74) is 7.83. The molecule has 1 amide bonds. The average molecular weight is 264 g/mol. The molecule has 5 heteroatoms. The van der Waals surface area contributed by atoms with Crippen molar-refractivity contribution in [1.82, 2.24) is 9.88 Å². The maximum atomic E-state index is 11.9. The fourth-order valence-electron chi connectivity index (χ4n) is 1.66. The lowest BCUT2D eigenvalue weighted by Gasteiger charge is -2.06. The quantitative estimate of drug-likeness (QED) is 0.834. The Hall–Kier alpha value is -1.94. The van der Waals surface area contributed by atoms with Gasteiger partial charge in [0.1, 0.15) is 5.69 Å². The summed E-state index contributed by atoms with van der Waals surface area (Å²) in [6.45, 7) is 0.460. The molecular weight excluding hydrogens is 250 g/mol. The Bertz CT molecular complexity index is 560. The Morgan fingerprint density at radius 3 is 2.61 bits per heavy atom. The monoisotopic (exact) mass is 263 g/mol. The van der Waals surface area contributed by atoms with Gasteiger partial charge in [0, 0.05) is 25.5 Å². The van der Waals surface area contributed by atoms with Crippen molar-refractivity contribution in [2.24, 2.45) is 7.05 Å². The molecule has 1 aromatic heterocycles. The van der Waals surface area contributed by atoms with Crippen LogP contribution in [0.25, 0.3) is 0 Å². The molecule has 0 bridgehead atoms. The zero-order valence-corrected chi connectivity index (χ0v) is 10.7. The van der Waals surface area contributed by atoms with Crippen LogP contribution in [0.5, 0.6) is 0 Å². The van der Waals surface area contributed by atoms with Crippen LogP contribution in [0.4, 0.5) is 5.69 Å². The maximum absolute atomic E-state index is 11.9. The number of aromatic nitrogens is 1. The highest BCUT2D eigenvalue weighted by molar-refractivity contribution is 6.31. The third-order valence-corrected chi connectivity index (χ3v) is 2.84. The highest BCUT2D eigenvalue weighted by Crippen LogP contribution is 2.12. The molecule has 94 valence electrons. The van der Waals surface area contributed by atoms with Crippen molar-refractivity contribution in [3.8, 4) is 0 Å². The van der Waals surface area contributed by atoms with Gasteiger partial charge in [-0.2, -0.15) is 0 Å². The van der Waals surface area contributed by atoms with E-state index >= 15 is 0 Å². The number of amides is 1. The minimum Gasteiger partial charge on any atom is -0.399 e. The van der Waals surface area contributed by atoms with Crippen molar-refractivity contribution in [3.05, 3.63) is 52.8 Å². The molecule has 3 N–H and O–H groups in total. The summed E-state index contributed by atoms with van der Waals surface area (Å²) in [4.78, 5) is 11.9. The minimum atomic E-state index is -0.152. The lowest BCUT2D eigenvalue weighted by Crippen LogP contribution is -2.24. The van der Waals surface area contributed by atoms with Gasteiger partial charge < -0.3 is 15.6 Å².